The molecule has 2 aliphatic heterocycles. The van der Waals surface area contributed by atoms with E-state index >= 15 is 0 Å². The van der Waals surface area contributed by atoms with E-state index in [1.54, 1.807) is 11.3 Å². The van der Waals surface area contributed by atoms with E-state index < -0.39 is 0 Å². The van der Waals surface area contributed by atoms with Crippen molar-refractivity contribution in [2.75, 3.05) is 31.5 Å². The van der Waals surface area contributed by atoms with Gasteiger partial charge in [0.1, 0.15) is 0 Å². The van der Waals surface area contributed by atoms with Crippen LogP contribution in [0, 0.1) is 17.8 Å². The minimum absolute atomic E-state index is 0.0210. The number of nitrogens with one attached hydrogen (secondary N) is 1. The number of piperidine rings is 1. The summed E-state index contributed by atoms with van der Waals surface area (Å²) in [6, 6.07) is 11.7. The highest BCUT2D eigenvalue weighted by molar-refractivity contribution is 7.10. The Morgan fingerprint density at radius 3 is 2.62 bits per heavy atom. The van der Waals surface area contributed by atoms with Crippen molar-refractivity contribution in [1.82, 2.24) is 9.80 Å². The van der Waals surface area contributed by atoms with Gasteiger partial charge in [0, 0.05) is 37.4 Å². The smallest absolute Gasteiger partial charge is 0.320 e. The third kappa shape index (κ3) is 4.99. The minimum Gasteiger partial charge on any atom is -0.326 e. The third-order valence-electron chi connectivity index (χ3n) is 5.42. The molecule has 3 amide bonds. The first-order valence-electron chi connectivity index (χ1n) is 10.2. The lowest BCUT2D eigenvalue weighted by atomic mass is 9.97. The first-order chi connectivity index (χ1) is 14.2. The Morgan fingerprint density at radius 1 is 1.00 bits per heavy atom. The summed E-state index contributed by atoms with van der Waals surface area (Å²) in [5.74, 6) is 6.09. The fourth-order valence-electron chi connectivity index (χ4n) is 3.88. The van der Waals surface area contributed by atoms with Crippen LogP contribution in [0.1, 0.15) is 36.1 Å². The van der Waals surface area contributed by atoms with Gasteiger partial charge in [-0.15, -0.1) is 11.3 Å². The molecule has 6 heteroatoms. The first kappa shape index (κ1) is 19.5. The maximum Gasteiger partial charge on any atom is 0.320 e. The van der Waals surface area contributed by atoms with Crippen molar-refractivity contribution < 1.29 is 9.59 Å². The Bertz CT molecular complexity index is 923. The van der Waals surface area contributed by atoms with Crippen molar-refractivity contribution >= 4 is 29.0 Å². The van der Waals surface area contributed by atoms with Crippen LogP contribution in [0.25, 0.3) is 0 Å². The van der Waals surface area contributed by atoms with E-state index in [4.69, 9.17) is 0 Å². The zero-order chi connectivity index (χ0) is 20.1. The van der Waals surface area contributed by atoms with Crippen LogP contribution < -0.4 is 5.32 Å². The fourth-order valence-corrected chi connectivity index (χ4v) is 4.45. The molecule has 0 spiro atoms. The minimum atomic E-state index is -0.170. The molecule has 0 unspecified atom stereocenters. The number of amides is 3. The summed E-state index contributed by atoms with van der Waals surface area (Å²) in [5, 5.41) is 5.02. The Labute approximate surface area is 175 Å². The largest absolute Gasteiger partial charge is 0.326 e. The number of hydrogen-bond acceptors (Lipinski definition) is 3. The zero-order valence-electron chi connectivity index (χ0n) is 16.4. The van der Waals surface area contributed by atoms with Gasteiger partial charge in [0.05, 0.1) is 10.8 Å². The topological polar surface area (TPSA) is 52.7 Å². The van der Waals surface area contributed by atoms with E-state index in [-0.39, 0.29) is 17.9 Å². The molecular weight excluding hydrogens is 382 g/mol. The van der Waals surface area contributed by atoms with Crippen LogP contribution in [-0.2, 0) is 4.79 Å². The highest BCUT2D eigenvalue weighted by Gasteiger charge is 2.31. The van der Waals surface area contributed by atoms with Crippen molar-refractivity contribution in [2.45, 2.75) is 25.7 Å². The highest BCUT2D eigenvalue weighted by atomic mass is 32.1. The average molecular weight is 408 g/mol. The molecule has 1 aromatic carbocycles. The van der Waals surface area contributed by atoms with E-state index in [1.807, 2.05) is 51.6 Å². The molecule has 0 radical (unpaired) electrons. The summed E-state index contributed by atoms with van der Waals surface area (Å²) in [4.78, 5) is 30.2. The second-order valence-electron chi connectivity index (χ2n) is 7.56. The zero-order valence-corrected chi connectivity index (χ0v) is 17.2. The number of thiophene rings is 1. The second-order valence-corrected chi connectivity index (χ2v) is 8.51. The lowest BCUT2D eigenvalue weighted by Crippen LogP contribution is -2.48. The molecule has 1 N–H and O–H groups in total. The van der Waals surface area contributed by atoms with Gasteiger partial charge in [0.15, 0.2) is 0 Å². The number of carbonyl (C=O) groups is 2. The van der Waals surface area contributed by atoms with Crippen molar-refractivity contribution in [2.24, 2.45) is 5.92 Å². The molecule has 1 aromatic heterocycles. The van der Waals surface area contributed by atoms with Gasteiger partial charge >= 0.3 is 6.03 Å². The Morgan fingerprint density at radius 2 is 1.83 bits per heavy atom. The molecule has 0 bridgehead atoms. The van der Waals surface area contributed by atoms with Gasteiger partial charge in [-0.2, -0.15) is 0 Å². The van der Waals surface area contributed by atoms with Crippen molar-refractivity contribution in [3.63, 3.8) is 0 Å². The maximum atomic E-state index is 12.8. The van der Waals surface area contributed by atoms with E-state index in [0.717, 1.165) is 61.4 Å². The van der Waals surface area contributed by atoms with Crippen LogP contribution in [0.5, 0.6) is 0 Å². The summed E-state index contributed by atoms with van der Waals surface area (Å²) in [6.07, 6.45) is 3.84. The van der Waals surface area contributed by atoms with E-state index in [0.29, 0.717) is 6.54 Å². The van der Waals surface area contributed by atoms with Crippen LogP contribution in [0.3, 0.4) is 0 Å². The average Bonchev–Trinajstić information content (AvgIpc) is 3.46. The van der Waals surface area contributed by atoms with Crippen LogP contribution in [0.15, 0.2) is 41.8 Å². The lowest BCUT2D eigenvalue weighted by molar-refractivity contribution is -0.121. The second kappa shape index (κ2) is 9.15. The molecule has 3 heterocycles. The summed E-state index contributed by atoms with van der Waals surface area (Å²) in [7, 11) is 0. The van der Waals surface area contributed by atoms with Gasteiger partial charge in [0.2, 0.25) is 5.91 Å². The van der Waals surface area contributed by atoms with Gasteiger partial charge in [-0.3, -0.25) is 4.79 Å². The molecule has 150 valence electrons. The number of likely N-dealkylation sites (tertiary alicyclic amines) is 2. The third-order valence-corrected chi connectivity index (χ3v) is 6.21. The fraction of sp³-hybridized carbons (Fsp3) is 0.391. The molecule has 2 aliphatic rings. The predicted molar refractivity (Wildman–Crippen MR) is 116 cm³/mol. The van der Waals surface area contributed by atoms with Gasteiger partial charge in [-0.05, 0) is 55.3 Å². The number of anilines is 1. The van der Waals surface area contributed by atoms with Gasteiger partial charge in [0.25, 0.3) is 0 Å². The van der Waals surface area contributed by atoms with Crippen LogP contribution in [-0.4, -0.2) is 47.9 Å². The van der Waals surface area contributed by atoms with E-state index in [9.17, 15) is 9.59 Å². The van der Waals surface area contributed by atoms with Crippen LogP contribution >= 0.6 is 11.3 Å². The Hall–Kier alpha value is -2.78. The normalized spacial score (nSPS) is 18.8. The molecule has 5 nitrogen and oxygen atoms in total. The summed E-state index contributed by atoms with van der Waals surface area (Å²) >= 11 is 1.61. The van der Waals surface area contributed by atoms with Crippen molar-refractivity contribution in [1.29, 1.82) is 0 Å². The quantitative estimate of drug-likeness (QED) is 0.765. The Kier molecular flexibility index (Phi) is 6.16. The van der Waals surface area contributed by atoms with Gasteiger partial charge < -0.3 is 15.1 Å². The highest BCUT2D eigenvalue weighted by Crippen LogP contribution is 2.21. The molecule has 2 fully saturated rings. The van der Waals surface area contributed by atoms with E-state index in [2.05, 4.69) is 17.2 Å². The first-order valence-corrected chi connectivity index (χ1v) is 11.1. The summed E-state index contributed by atoms with van der Waals surface area (Å²) in [6.45, 7) is 2.92. The van der Waals surface area contributed by atoms with Crippen LogP contribution in [0.2, 0.25) is 0 Å². The summed E-state index contributed by atoms with van der Waals surface area (Å²) in [5.41, 5.74) is 1.61. The molecule has 29 heavy (non-hydrogen) atoms. The molecule has 1 atom stereocenters. The Balaban J connectivity index is 1.37. The molecule has 0 aliphatic carbocycles. The van der Waals surface area contributed by atoms with Crippen molar-refractivity contribution in [3.8, 4) is 11.8 Å². The predicted octanol–water partition coefficient (Wildman–Crippen LogP) is 4.01. The van der Waals surface area contributed by atoms with Crippen LogP contribution in [0.4, 0.5) is 10.5 Å². The molecule has 4 rings (SSSR count). The molecule has 2 saturated heterocycles. The SMILES string of the molecule is O=C(Nc1cccc(C#Cc2cccs2)c1)[C@@H]1CCCN(C(=O)N2CCCC2)C1. The number of urea groups is 1. The monoisotopic (exact) mass is 407 g/mol. The maximum absolute atomic E-state index is 12.8. The number of nitrogens with zero attached hydrogens (tertiary/aromatic N) is 2. The summed E-state index contributed by atoms with van der Waals surface area (Å²) < 4.78 is 0. The molecular formula is C23H25N3O2S. The number of carbonyl (C=O) groups excluding carboxylic acids is 2. The van der Waals surface area contributed by atoms with Gasteiger partial charge in [-0.25, -0.2) is 4.79 Å². The number of hydrogen-bond donors (Lipinski definition) is 1. The standard InChI is InChI=1S/C23H25N3O2S/c27-22(19-7-4-14-26(17-19)23(28)25-12-1-2-13-25)24-20-8-3-6-18(16-20)10-11-21-9-5-15-29-21/h3,5-6,8-9,15-16,19H,1-2,4,7,12-14,17H2,(H,24,27)/t19-/m1/s1. The number of benzene rings is 1. The van der Waals surface area contributed by atoms with Crippen molar-refractivity contribution in [3.05, 3.63) is 52.2 Å². The van der Waals surface area contributed by atoms with Gasteiger partial charge in [-0.1, -0.05) is 24.0 Å². The number of rotatable bonds is 2. The molecule has 2 aromatic rings. The lowest BCUT2D eigenvalue weighted by Gasteiger charge is -2.34. The molecule has 0 saturated carbocycles. The van der Waals surface area contributed by atoms with E-state index in [1.165, 1.54) is 0 Å².